The number of carboxylic acids is 1. The van der Waals surface area contributed by atoms with E-state index < -0.39 is 28.3 Å². The molecule has 0 radical (unpaired) electrons. The van der Waals surface area contributed by atoms with Gasteiger partial charge in [0.25, 0.3) is 0 Å². The number of hydrogen-bond donors (Lipinski definition) is 2. The zero-order chi connectivity index (χ0) is 17.5. The molecule has 0 aliphatic heterocycles. The predicted octanol–water partition coefficient (Wildman–Crippen LogP) is 3.11. The Morgan fingerprint density at radius 2 is 2.00 bits per heavy atom. The molecule has 4 aliphatic rings. The fourth-order valence-electron chi connectivity index (χ4n) is 6.81. The van der Waals surface area contributed by atoms with Gasteiger partial charge < -0.3 is 10.2 Å². The highest BCUT2D eigenvalue weighted by Crippen LogP contribution is 2.69. The molecule has 0 heterocycles. The van der Waals surface area contributed by atoms with Crippen LogP contribution in [-0.4, -0.2) is 28.1 Å². The zero-order valence-corrected chi connectivity index (χ0v) is 14.5. The minimum Gasteiger partial charge on any atom is -0.481 e. The molecule has 130 valence electrons. The van der Waals surface area contributed by atoms with Gasteiger partial charge >= 0.3 is 5.97 Å². The molecule has 4 heteroatoms. The molecule has 0 aromatic carbocycles. The van der Waals surface area contributed by atoms with Gasteiger partial charge in [0.1, 0.15) is 0 Å². The van der Waals surface area contributed by atoms with Gasteiger partial charge in [-0.15, -0.1) is 0 Å². The van der Waals surface area contributed by atoms with Gasteiger partial charge in [-0.05, 0) is 55.9 Å². The molecule has 1 spiro atoms. The van der Waals surface area contributed by atoms with Crippen LogP contribution in [0.1, 0.15) is 52.4 Å². The lowest BCUT2D eigenvalue weighted by atomic mass is 9.43. The Hall–Kier alpha value is -1.42. The van der Waals surface area contributed by atoms with Gasteiger partial charge in [-0.1, -0.05) is 31.6 Å². The van der Waals surface area contributed by atoms with Crippen LogP contribution in [0, 0.1) is 28.1 Å². The quantitative estimate of drug-likeness (QED) is 0.572. The molecule has 0 amide bonds. The third kappa shape index (κ3) is 1.63. The van der Waals surface area contributed by atoms with E-state index >= 15 is 0 Å². The standard InChI is InChI=1S/C20H26O4/c1-11-12-5-6-14-18(2)7-4-8-19(3,17(23)24)15(18)13(21)10-20(14,9-12)16(11)22/h6,12-13,15,21H,1,4-5,7-10H2,2-3H3,(H,23,24). The normalized spacial score (nSPS) is 50.1. The first-order chi connectivity index (χ1) is 11.2. The number of Topliss-reactive ketones (excluding diaryl/α,β-unsaturated/α-hetero) is 1. The maximum absolute atomic E-state index is 13.0. The summed E-state index contributed by atoms with van der Waals surface area (Å²) in [6.07, 6.45) is 5.60. The van der Waals surface area contributed by atoms with Crippen molar-refractivity contribution in [2.24, 2.45) is 28.1 Å². The van der Waals surface area contributed by atoms with Crippen molar-refractivity contribution in [1.82, 2.24) is 0 Å². The largest absolute Gasteiger partial charge is 0.481 e. The van der Waals surface area contributed by atoms with Gasteiger partial charge in [-0.25, -0.2) is 0 Å². The summed E-state index contributed by atoms with van der Waals surface area (Å²) in [6, 6.07) is 0. The Labute approximate surface area is 142 Å². The molecular weight excluding hydrogens is 304 g/mol. The molecule has 0 aromatic rings. The number of carbonyl (C=O) groups excluding carboxylic acids is 1. The molecule has 0 saturated heterocycles. The monoisotopic (exact) mass is 330 g/mol. The smallest absolute Gasteiger partial charge is 0.309 e. The number of carbonyl (C=O) groups is 2. The average Bonchev–Trinajstić information content (AvgIpc) is 2.67. The number of hydrogen-bond acceptors (Lipinski definition) is 3. The SMILES string of the molecule is C=C1C(=O)C23CC1CC=C2C1(C)CCCC(C)(C(=O)O)C1C(O)C3. The van der Waals surface area contributed by atoms with E-state index in [9.17, 15) is 19.8 Å². The summed E-state index contributed by atoms with van der Waals surface area (Å²) >= 11 is 0. The van der Waals surface area contributed by atoms with E-state index in [0.29, 0.717) is 18.4 Å². The number of aliphatic hydroxyl groups is 1. The summed E-state index contributed by atoms with van der Waals surface area (Å²) in [4.78, 5) is 25.1. The van der Waals surface area contributed by atoms with E-state index in [1.165, 1.54) is 0 Å². The predicted molar refractivity (Wildman–Crippen MR) is 89.2 cm³/mol. The topological polar surface area (TPSA) is 74.6 Å². The van der Waals surface area contributed by atoms with Gasteiger partial charge in [0.15, 0.2) is 5.78 Å². The van der Waals surface area contributed by atoms with Crippen LogP contribution in [0.25, 0.3) is 0 Å². The third-order valence-electron chi connectivity index (χ3n) is 7.75. The fourth-order valence-corrected chi connectivity index (χ4v) is 6.81. The summed E-state index contributed by atoms with van der Waals surface area (Å²) < 4.78 is 0. The molecule has 4 nitrogen and oxygen atoms in total. The van der Waals surface area contributed by atoms with Crippen molar-refractivity contribution in [3.8, 4) is 0 Å². The zero-order valence-electron chi connectivity index (χ0n) is 14.5. The third-order valence-corrected chi connectivity index (χ3v) is 7.75. The van der Waals surface area contributed by atoms with E-state index in [-0.39, 0.29) is 17.6 Å². The number of allylic oxidation sites excluding steroid dienone is 3. The molecule has 24 heavy (non-hydrogen) atoms. The first kappa shape index (κ1) is 16.1. The van der Waals surface area contributed by atoms with Crippen LogP contribution in [0.3, 0.4) is 0 Å². The Morgan fingerprint density at radius 3 is 2.67 bits per heavy atom. The van der Waals surface area contributed by atoms with Gasteiger partial charge in [-0.2, -0.15) is 0 Å². The van der Waals surface area contributed by atoms with Crippen molar-refractivity contribution in [1.29, 1.82) is 0 Å². The lowest BCUT2D eigenvalue weighted by Crippen LogP contribution is -2.61. The number of aliphatic carboxylic acids is 1. The van der Waals surface area contributed by atoms with E-state index in [0.717, 1.165) is 31.3 Å². The Morgan fingerprint density at radius 1 is 1.29 bits per heavy atom. The van der Waals surface area contributed by atoms with Crippen LogP contribution < -0.4 is 0 Å². The molecular formula is C20H26O4. The van der Waals surface area contributed by atoms with E-state index in [2.05, 4.69) is 19.6 Å². The minimum atomic E-state index is -0.940. The van der Waals surface area contributed by atoms with Crippen LogP contribution in [0.4, 0.5) is 0 Å². The summed E-state index contributed by atoms with van der Waals surface area (Å²) in [6.45, 7) is 7.88. The molecule has 6 atom stereocenters. The second kappa shape index (κ2) is 4.60. The fraction of sp³-hybridized carbons (Fsp3) is 0.700. The van der Waals surface area contributed by atoms with E-state index in [1.807, 2.05) is 0 Å². The number of ketones is 1. The first-order valence-electron chi connectivity index (χ1n) is 9.03. The van der Waals surface area contributed by atoms with Crippen molar-refractivity contribution in [2.45, 2.75) is 58.5 Å². The van der Waals surface area contributed by atoms with E-state index in [1.54, 1.807) is 6.92 Å². The summed E-state index contributed by atoms with van der Waals surface area (Å²) in [5.74, 6) is -0.878. The van der Waals surface area contributed by atoms with Crippen molar-refractivity contribution >= 4 is 11.8 Å². The van der Waals surface area contributed by atoms with Gasteiger partial charge in [0, 0.05) is 5.92 Å². The first-order valence-corrected chi connectivity index (χ1v) is 9.03. The maximum Gasteiger partial charge on any atom is 0.309 e. The molecule has 3 saturated carbocycles. The minimum absolute atomic E-state index is 0.0950. The van der Waals surface area contributed by atoms with Crippen LogP contribution in [0.2, 0.25) is 0 Å². The van der Waals surface area contributed by atoms with E-state index in [4.69, 9.17) is 0 Å². The van der Waals surface area contributed by atoms with Crippen molar-refractivity contribution < 1.29 is 19.8 Å². The summed E-state index contributed by atoms with van der Waals surface area (Å²) in [7, 11) is 0. The summed E-state index contributed by atoms with van der Waals surface area (Å²) in [5.41, 5.74) is -0.176. The molecule has 0 aromatic heterocycles. The Bertz CT molecular complexity index is 692. The molecule has 4 aliphatic carbocycles. The van der Waals surface area contributed by atoms with Gasteiger partial charge in [0.05, 0.1) is 16.9 Å². The molecule has 2 bridgehead atoms. The number of carboxylic acid groups (broad SMARTS) is 1. The lowest BCUT2D eigenvalue weighted by molar-refractivity contribution is -0.174. The highest BCUT2D eigenvalue weighted by atomic mass is 16.4. The van der Waals surface area contributed by atoms with Crippen LogP contribution in [0.15, 0.2) is 23.8 Å². The molecule has 3 fully saturated rings. The molecule has 6 unspecified atom stereocenters. The lowest BCUT2D eigenvalue weighted by Gasteiger charge is -2.60. The Kier molecular flexibility index (Phi) is 3.08. The number of rotatable bonds is 1. The molecule has 4 rings (SSSR count). The number of aliphatic hydroxyl groups excluding tert-OH is 1. The molecule has 2 N–H and O–H groups in total. The van der Waals surface area contributed by atoms with Crippen LogP contribution in [0.5, 0.6) is 0 Å². The Balaban J connectivity index is 1.89. The van der Waals surface area contributed by atoms with Crippen LogP contribution >= 0.6 is 0 Å². The highest BCUT2D eigenvalue weighted by Gasteiger charge is 2.68. The summed E-state index contributed by atoms with van der Waals surface area (Å²) in [5, 5.41) is 20.9. The second-order valence-electron chi connectivity index (χ2n) is 8.93. The van der Waals surface area contributed by atoms with Crippen molar-refractivity contribution in [3.05, 3.63) is 23.8 Å². The van der Waals surface area contributed by atoms with Crippen molar-refractivity contribution in [2.75, 3.05) is 0 Å². The van der Waals surface area contributed by atoms with Crippen molar-refractivity contribution in [3.63, 3.8) is 0 Å². The maximum atomic E-state index is 13.0. The highest BCUT2D eigenvalue weighted by molar-refractivity contribution is 6.05. The second-order valence-corrected chi connectivity index (χ2v) is 8.93. The average molecular weight is 330 g/mol. The van der Waals surface area contributed by atoms with Gasteiger partial charge in [-0.3, -0.25) is 9.59 Å². The van der Waals surface area contributed by atoms with Crippen LogP contribution in [-0.2, 0) is 9.59 Å². The number of fused-ring (bicyclic) bond motifs is 3. The van der Waals surface area contributed by atoms with Gasteiger partial charge in [0.2, 0.25) is 0 Å².